The minimum atomic E-state index is -0.747. The number of carboxylic acid groups (broad SMARTS) is 1. The van der Waals surface area contributed by atoms with Crippen LogP contribution in [0.4, 0.5) is 4.79 Å². The highest BCUT2D eigenvalue weighted by atomic mass is 32.2. The number of urea groups is 1. The Morgan fingerprint density at radius 2 is 1.68 bits per heavy atom. The van der Waals surface area contributed by atoms with E-state index in [0.717, 1.165) is 25.7 Å². The Bertz CT molecular complexity index is 351. The number of carbonyl (C=O) groups is 2. The van der Waals surface area contributed by atoms with Crippen LogP contribution in [0.1, 0.15) is 38.5 Å². The molecule has 19 heavy (non-hydrogen) atoms. The number of thioether (sulfide) groups is 1. The number of nitrogens with one attached hydrogen (secondary N) is 2. The molecule has 0 aromatic carbocycles. The lowest BCUT2D eigenvalue weighted by Crippen LogP contribution is -2.45. The second-order valence-corrected chi connectivity index (χ2v) is 6.67. The Morgan fingerprint density at radius 1 is 1.05 bits per heavy atom. The van der Waals surface area contributed by atoms with E-state index >= 15 is 0 Å². The molecular formula is C13H22N2O3S. The van der Waals surface area contributed by atoms with E-state index in [2.05, 4.69) is 16.9 Å². The van der Waals surface area contributed by atoms with E-state index in [1.807, 2.05) is 11.8 Å². The maximum absolute atomic E-state index is 11.9. The summed E-state index contributed by atoms with van der Waals surface area (Å²) in [6, 6.07) is 0.149. The lowest BCUT2D eigenvalue weighted by Gasteiger charge is -2.17. The lowest BCUT2D eigenvalue weighted by atomic mass is 10.1. The SMILES string of the molecule is CSC1CCC(NC(=O)N[C@H]2CC[C@@H](C(=O)O)C2)C1. The van der Waals surface area contributed by atoms with Crippen LogP contribution < -0.4 is 10.6 Å². The van der Waals surface area contributed by atoms with Crippen LogP contribution in [-0.4, -0.2) is 40.7 Å². The van der Waals surface area contributed by atoms with Crippen LogP contribution >= 0.6 is 11.8 Å². The number of carbonyl (C=O) groups excluding carboxylic acids is 1. The van der Waals surface area contributed by atoms with Crippen LogP contribution in [0.3, 0.4) is 0 Å². The van der Waals surface area contributed by atoms with E-state index < -0.39 is 5.97 Å². The van der Waals surface area contributed by atoms with E-state index in [1.165, 1.54) is 0 Å². The average Bonchev–Trinajstić information content (AvgIpc) is 2.98. The number of hydrogen-bond acceptors (Lipinski definition) is 3. The van der Waals surface area contributed by atoms with Crippen molar-refractivity contribution in [3.05, 3.63) is 0 Å². The molecule has 2 aliphatic rings. The summed E-state index contributed by atoms with van der Waals surface area (Å²) < 4.78 is 0. The van der Waals surface area contributed by atoms with E-state index in [0.29, 0.717) is 18.1 Å². The van der Waals surface area contributed by atoms with Crippen LogP contribution in [0.5, 0.6) is 0 Å². The van der Waals surface area contributed by atoms with Gasteiger partial charge in [-0.1, -0.05) is 0 Å². The van der Waals surface area contributed by atoms with Crippen LogP contribution in [0, 0.1) is 5.92 Å². The zero-order valence-corrected chi connectivity index (χ0v) is 12.0. The van der Waals surface area contributed by atoms with Crippen LogP contribution in [-0.2, 0) is 4.79 Å². The van der Waals surface area contributed by atoms with E-state index in [1.54, 1.807) is 0 Å². The number of aliphatic carboxylic acids is 1. The highest BCUT2D eigenvalue weighted by molar-refractivity contribution is 7.99. The van der Waals surface area contributed by atoms with Gasteiger partial charge in [0.05, 0.1) is 5.92 Å². The van der Waals surface area contributed by atoms with E-state index in [4.69, 9.17) is 5.11 Å². The standard InChI is InChI=1S/C13H22N2O3S/c1-19-11-5-4-10(7-11)15-13(18)14-9-3-2-8(6-9)12(16)17/h8-11H,2-7H2,1H3,(H,16,17)(H2,14,15,18)/t8-,9+,10?,11?/m1/s1. The highest BCUT2D eigenvalue weighted by Gasteiger charge is 2.31. The molecule has 6 heteroatoms. The molecule has 0 aromatic rings. The van der Waals surface area contributed by atoms with Gasteiger partial charge in [-0.15, -0.1) is 0 Å². The number of amides is 2. The molecule has 0 saturated heterocycles. The molecule has 4 atom stereocenters. The number of rotatable bonds is 4. The molecule has 3 N–H and O–H groups in total. The molecule has 0 spiro atoms. The van der Waals surface area contributed by atoms with Gasteiger partial charge in [-0.05, 0) is 44.8 Å². The minimum absolute atomic E-state index is 0.0128. The molecule has 0 heterocycles. The summed E-state index contributed by atoms with van der Waals surface area (Å²) in [6.45, 7) is 0. The fourth-order valence-corrected chi connectivity index (χ4v) is 3.83. The predicted octanol–water partition coefficient (Wildman–Crippen LogP) is 1.82. The quantitative estimate of drug-likeness (QED) is 0.736. The molecule has 108 valence electrons. The first kappa shape index (κ1) is 14.5. The van der Waals surface area contributed by atoms with Crippen molar-refractivity contribution in [2.45, 2.75) is 55.9 Å². The molecule has 2 amide bonds. The minimum Gasteiger partial charge on any atom is -0.481 e. The first-order chi connectivity index (χ1) is 9.08. The normalized spacial score (nSPS) is 34.2. The first-order valence-corrected chi connectivity index (χ1v) is 8.20. The first-order valence-electron chi connectivity index (χ1n) is 6.91. The fraction of sp³-hybridized carbons (Fsp3) is 0.846. The van der Waals surface area contributed by atoms with Gasteiger partial charge in [0, 0.05) is 17.3 Å². The van der Waals surface area contributed by atoms with Crippen molar-refractivity contribution in [3.63, 3.8) is 0 Å². The molecule has 0 radical (unpaired) electrons. The largest absolute Gasteiger partial charge is 0.481 e. The van der Waals surface area contributed by atoms with Crippen LogP contribution in [0.15, 0.2) is 0 Å². The van der Waals surface area contributed by atoms with Gasteiger partial charge in [0.2, 0.25) is 0 Å². The Balaban J connectivity index is 1.69. The second kappa shape index (κ2) is 6.50. The lowest BCUT2D eigenvalue weighted by molar-refractivity contribution is -0.141. The molecule has 2 unspecified atom stereocenters. The Kier molecular flexibility index (Phi) is 4.96. The molecule has 2 fully saturated rings. The molecule has 2 rings (SSSR count). The molecular weight excluding hydrogens is 264 g/mol. The van der Waals surface area contributed by atoms with Crippen molar-refractivity contribution in [1.82, 2.24) is 10.6 Å². The summed E-state index contributed by atoms with van der Waals surface area (Å²) in [5, 5.41) is 15.5. The Morgan fingerprint density at radius 3 is 2.21 bits per heavy atom. The van der Waals surface area contributed by atoms with Gasteiger partial charge in [-0.3, -0.25) is 4.79 Å². The molecule has 0 bridgehead atoms. The summed E-state index contributed by atoms with van der Waals surface area (Å²) in [5.41, 5.74) is 0. The van der Waals surface area contributed by atoms with Crippen molar-refractivity contribution in [1.29, 1.82) is 0 Å². The predicted molar refractivity (Wildman–Crippen MR) is 75.4 cm³/mol. The van der Waals surface area contributed by atoms with Gasteiger partial charge in [0.25, 0.3) is 0 Å². The zero-order chi connectivity index (χ0) is 13.8. The third-order valence-electron chi connectivity index (χ3n) is 4.17. The monoisotopic (exact) mass is 286 g/mol. The van der Waals surface area contributed by atoms with Gasteiger partial charge in [-0.2, -0.15) is 11.8 Å². The van der Waals surface area contributed by atoms with Gasteiger partial charge in [0.15, 0.2) is 0 Å². The van der Waals surface area contributed by atoms with Crippen LogP contribution in [0.25, 0.3) is 0 Å². The summed E-state index contributed by atoms with van der Waals surface area (Å²) in [7, 11) is 0. The maximum Gasteiger partial charge on any atom is 0.315 e. The molecule has 0 aromatic heterocycles. The molecule has 5 nitrogen and oxygen atoms in total. The summed E-state index contributed by atoms with van der Waals surface area (Å²) >= 11 is 1.86. The molecule has 0 aliphatic heterocycles. The third-order valence-corrected chi connectivity index (χ3v) is 5.26. The maximum atomic E-state index is 11.9. The van der Waals surface area contributed by atoms with Crippen molar-refractivity contribution in [2.24, 2.45) is 5.92 Å². The molecule has 2 aliphatic carbocycles. The number of carboxylic acids is 1. The summed E-state index contributed by atoms with van der Waals surface area (Å²) in [5.74, 6) is -1.04. The summed E-state index contributed by atoms with van der Waals surface area (Å²) in [4.78, 5) is 22.7. The van der Waals surface area contributed by atoms with Gasteiger partial charge < -0.3 is 15.7 Å². The number of hydrogen-bond donors (Lipinski definition) is 3. The van der Waals surface area contributed by atoms with Gasteiger partial charge in [-0.25, -0.2) is 4.79 Å². The Labute approximate surface area is 117 Å². The highest BCUT2D eigenvalue weighted by Crippen LogP contribution is 2.28. The van der Waals surface area contributed by atoms with Gasteiger partial charge >= 0.3 is 12.0 Å². The summed E-state index contributed by atoms with van der Waals surface area (Å²) in [6.07, 6.45) is 7.34. The van der Waals surface area contributed by atoms with Gasteiger partial charge in [0.1, 0.15) is 0 Å². The second-order valence-electron chi connectivity index (χ2n) is 5.53. The van der Waals surface area contributed by atoms with Crippen molar-refractivity contribution >= 4 is 23.8 Å². The Hall–Kier alpha value is -0.910. The third kappa shape index (κ3) is 4.03. The average molecular weight is 286 g/mol. The van der Waals surface area contributed by atoms with Crippen LogP contribution in [0.2, 0.25) is 0 Å². The van der Waals surface area contributed by atoms with Crippen molar-refractivity contribution in [2.75, 3.05) is 6.26 Å². The van der Waals surface area contributed by atoms with Crippen molar-refractivity contribution < 1.29 is 14.7 Å². The van der Waals surface area contributed by atoms with E-state index in [9.17, 15) is 9.59 Å². The van der Waals surface area contributed by atoms with E-state index in [-0.39, 0.29) is 24.0 Å². The topological polar surface area (TPSA) is 78.4 Å². The smallest absolute Gasteiger partial charge is 0.315 e. The molecule has 2 saturated carbocycles. The fourth-order valence-electron chi connectivity index (χ4n) is 3.03. The van der Waals surface area contributed by atoms with Crippen molar-refractivity contribution in [3.8, 4) is 0 Å². The zero-order valence-electron chi connectivity index (χ0n) is 11.2.